The maximum absolute atomic E-state index is 12.0. The second-order valence-corrected chi connectivity index (χ2v) is 11.6. The summed E-state index contributed by atoms with van der Waals surface area (Å²) in [6.07, 6.45) is -0.940. The molecule has 0 aliphatic heterocycles. The van der Waals surface area contributed by atoms with Gasteiger partial charge >= 0.3 is 0 Å². The van der Waals surface area contributed by atoms with Crippen LogP contribution in [0.4, 0.5) is 0 Å². The van der Waals surface area contributed by atoms with Crippen molar-refractivity contribution in [3.63, 3.8) is 0 Å². The van der Waals surface area contributed by atoms with Crippen molar-refractivity contribution < 1.29 is 24.6 Å². The van der Waals surface area contributed by atoms with Crippen LogP contribution in [-0.4, -0.2) is 28.2 Å². The molecule has 2 N–H and O–H groups in total. The molecule has 3 nitrogen and oxygen atoms in total. The van der Waals surface area contributed by atoms with E-state index in [2.05, 4.69) is 13.8 Å². The molecule has 4 aliphatic rings. The maximum Gasteiger partial charge on any atom is 0.129 e. The average Bonchev–Trinajstić information content (AvgIpc) is 3.11. The standard InChI is InChI=1S/C27H46O3/c1-6-19-23-15-18(29)11-13-27(23,5)22-12-14-26(4)20(16(2)7-8-17(3)28)9-10-21(26)24(22)25(19)30/h16,18-25,29-30H,6-15H2,1-5H3/t16-,18-,19-,20-,21+,22+,23+,24+,25-,26-,27-/m1/s1/i1D3,6D2,8D2. The summed E-state index contributed by atoms with van der Waals surface area (Å²) in [5, 5.41) is 22.5. The van der Waals surface area contributed by atoms with E-state index in [9.17, 15) is 15.0 Å². The molecule has 4 aliphatic carbocycles. The fourth-order valence-corrected chi connectivity index (χ4v) is 8.89. The lowest BCUT2D eigenvalue weighted by molar-refractivity contribution is -0.203. The summed E-state index contributed by atoms with van der Waals surface area (Å²) >= 11 is 0. The van der Waals surface area contributed by atoms with Gasteiger partial charge in [0.25, 0.3) is 0 Å². The second kappa shape index (κ2) is 8.18. The average molecular weight is 426 g/mol. The van der Waals surface area contributed by atoms with Gasteiger partial charge in [0.15, 0.2) is 0 Å². The molecular weight excluding hydrogens is 372 g/mol. The lowest BCUT2D eigenvalue weighted by atomic mass is 9.41. The van der Waals surface area contributed by atoms with Crippen LogP contribution in [0.1, 0.15) is 108 Å². The van der Waals surface area contributed by atoms with Crippen LogP contribution in [0.3, 0.4) is 0 Å². The summed E-state index contributed by atoms with van der Waals surface area (Å²) in [4.78, 5) is 11.9. The zero-order valence-corrected chi connectivity index (χ0v) is 19.2. The Labute approximate surface area is 194 Å². The molecule has 0 heterocycles. The number of hydrogen-bond acceptors (Lipinski definition) is 3. The molecule has 30 heavy (non-hydrogen) atoms. The quantitative estimate of drug-likeness (QED) is 0.601. The normalized spacial score (nSPS) is 56.4. The van der Waals surface area contributed by atoms with E-state index in [1.54, 1.807) is 0 Å². The Morgan fingerprint density at radius 1 is 1.10 bits per heavy atom. The molecule has 3 heteroatoms. The molecule has 0 bridgehead atoms. The zero-order chi connectivity index (χ0) is 27.9. The number of Topliss-reactive ketones (excluding diaryl/α,β-unsaturated/α-hetero) is 1. The van der Waals surface area contributed by atoms with Crippen molar-refractivity contribution >= 4 is 5.78 Å². The number of carbonyl (C=O) groups is 1. The first-order valence-corrected chi connectivity index (χ1v) is 12.2. The lowest BCUT2D eigenvalue weighted by Gasteiger charge is -2.64. The van der Waals surface area contributed by atoms with E-state index in [-0.39, 0.29) is 46.8 Å². The van der Waals surface area contributed by atoms with Crippen LogP contribution in [0.25, 0.3) is 0 Å². The van der Waals surface area contributed by atoms with Crippen LogP contribution in [0.2, 0.25) is 0 Å². The Morgan fingerprint density at radius 2 is 1.80 bits per heavy atom. The zero-order valence-electron chi connectivity index (χ0n) is 26.2. The first kappa shape index (κ1) is 15.4. The van der Waals surface area contributed by atoms with Crippen LogP contribution in [0.15, 0.2) is 0 Å². The van der Waals surface area contributed by atoms with Crippen LogP contribution in [-0.2, 0) is 4.79 Å². The molecule has 0 amide bonds. The Morgan fingerprint density at radius 3 is 2.50 bits per heavy atom. The van der Waals surface area contributed by atoms with Gasteiger partial charge in [-0.25, -0.2) is 0 Å². The van der Waals surface area contributed by atoms with Crippen molar-refractivity contribution in [1.29, 1.82) is 0 Å². The minimum absolute atomic E-state index is 0.0241. The van der Waals surface area contributed by atoms with Crippen LogP contribution in [0.5, 0.6) is 0 Å². The molecular formula is C27H46O3. The van der Waals surface area contributed by atoms with Gasteiger partial charge in [0.1, 0.15) is 5.78 Å². The number of ketones is 1. The van der Waals surface area contributed by atoms with Gasteiger partial charge in [-0.2, -0.15) is 0 Å². The Balaban J connectivity index is 1.72. The predicted molar refractivity (Wildman–Crippen MR) is 121 cm³/mol. The predicted octanol–water partition coefficient (Wildman–Crippen LogP) is 5.62. The summed E-state index contributed by atoms with van der Waals surface area (Å²) in [5.41, 5.74) is -0.549. The van der Waals surface area contributed by atoms with E-state index in [1.807, 2.05) is 6.92 Å². The molecule has 0 aromatic heterocycles. The molecule has 172 valence electrons. The highest BCUT2D eigenvalue weighted by atomic mass is 16.3. The van der Waals surface area contributed by atoms with Gasteiger partial charge in [-0.15, -0.1) is 0 Å². The number of hydrogen-bond donors (Lipinski definition) is 2. The molecule has 4 saturated carbocycles. The smallest absolute Gasteiger partial charge is 0.129 e. The summed E-state index contributed by atoms with van der Waals surface area (Å²) in [5.74, 6) is -1.84. The first-order chi connectivity index (χ1) is 16.8. The lowest BCUT2D eigenvalue weighted by Crippen LogP contribution is -2.62. The van der Waals surface area contributed by atoms with Crippen LogP contribution < -0.4 is 0 Å². The Kier molecular flexibility index (Phi) is 4.21. The van der Waals surface area contributed by atoms with Gasteiger partial charge in [-0.1, -0.05) is 34.0 Å². The number of fused-ring (bicyclic) bond motifs is 5. The van der Waals surface area contributed by atoms with Gasteiger partial charge in [-0.05, 0) is 111 Å². The molecule has 0 radical (unpaired) electrons. The number of aliphatic hydroxyl groups excluding tert-OH is 2. The Hall–Kier alpha value is -0.410. The van der Waals surface area contributed by atoms with Crippen molar-refractivity contribution in [3.05, 3.63) is 0 Å². The minimum Gasteiger partial charge on any atom is -0.393 e. The third kappa shape index (κ3) is 3.41. The third-order valence-electron chi connectivity index (χ3n) is 10.4. The topological polar surface area (TPSA) is 57.5 Å². The van der Waals surface area contributed by atoms with Gasteiger partial charge in [0, 0.05) is 16.0 Å². The molecule has 0 spiro atoms. The molecule has 11 atom stereocenters. The second-order valence-electron chi connectivity index (χ2n) is 11.6. The maximum atomic E-state index is 12.0. The van der Waals surface area contributed by atoms with Gasteiger partial charge < -0.3 is 15.0 Å². The molecule has 4 fully saturated rings. The van der Waals surface area contributed by atoms with E-state index >= 15 is 0 Å². The van der Waals surface area contributed by atoms with Crippen molar-refractivity contribution in [2.24, 2.45) is 52.3 Å². The number of aliphatic hydroxyl groups is 2. The molecule has 0 aromatic rings. The monoisotopic (exact) mass is 425 g/mol. The van der Waals surface area contributed by atoms with E-state index in [0.717, 1.165) is 25.7 Å². The van der Waals surface area contributed by atoms with Crippen molar-refractivity contribution in [2.75, 3.05) is 0 Å². The molecule has 0 saturated heterocycles. The number of rotatable bonds is 5. The van der Waals surface area contributed by atoms with E-state index in [0.29, 0.717) is 19.3 Å². The van der Waals surface area contributed by atoms with Gasteiger partial charge in [0.05, 0.1) is 12.2 Å². The van der Waals surface area contributed by atoms with Crippen molar-refractivity contribution in [1.82, 2.24) is 0 Å². The fourth-order valence-electron chi connectivity index (χ4n) is 8.89. The summed E-state index contributed by atoms with van der Waals surface area (Å²) in [7, 11) is 0. The SMILES string of the molecule is [2H]C([2H])(C[C@@H](C)[C@H]1CC[C@H]2[C@@H]3[C@H](O)[C@H](C([2H])([2H])C([2H])([2H])[2H])[C@@H]4C[C@H](O)CC[C@]4(C)[C@H]3CC[C@]12C)C(C)=O. The molecule has 4 rings (SSSR count). The highest BCUT2D eigenvalue weighted by molar-refractivity contribution is 5.75. The van der Waals surface area contributed by atoms with Gasteiger partial charge in [-0.3, -0.25) is 0 Å². The van der Waals surface area contributed by atoms with Crippen LogP contribution in [0, 0.1) is 52.3 Å². The van der Waals surface area contributed by atoms with E-state index in [4.69, 9.17) is 9.60 Å². The highest BCUT2D eigenvalue weighted by Gasteiger charge is 2.64. The van der Waals surface area contributed by atoms with Gasteiger partial charge in [0.2, 0.25) is 0 Å². The van der Waals surface area contributed by atoms with Crippen LogP contribution >= 0.6 is 0 Å². The largest absolute Gasteiger partial charge is 0.393 e. The highest BCUT2D eigenvalue weighted by Crippen LogP contribution is 2.69. The first-order valence-electron chi connectivity index (χ1n) is 15.7. The number of carbonyl (C=O) groups excluding carboxylic acids is 1. The van der Waals surface area contributed by atoms with E-state index < -0.39 is 49.4 Å². The summed E-state index contributed by atoms with van der Waals surface area (Å²) in [6.45, 7) is 4.81. The summed E-state index contributed by atoms with van der Waals surface area (Å²) in [6, 6.07) is 0. The molecule has 0 aromatic carbocycles. The summed E-state index contributed by atoms with van der Waals surface area (Å²) < 4.78 is 58.0. The van der Waals surface area contributed by atoms with Crippen molar-refractivity contribution in [3.8, 4) is 0 Å². The minimum atomic E-state index is -2.89. The van der Waals surface area contributed by atoms with E-state index in [1.165, 1.54) is 6.92 Å². The fraction of sp³-hybridized carbons (Fsp3) is 0.963. The third-order valence-corrected chi connectivity index (χ3v) is 10.4. The van der Waals surface area contributed by atoms with Crippen molar-refractivity contribution in [2.45, 2.75) is 111 Å². The Bertz CT molecular complexity index is 892. The molecule has 0 unspecified atom stereocenters.